The molecule has 0 amide bonds. The van der Waals surface area contributed by atoms with Gasteiger partial charge in [0.2, 0.25) is 0 Å². The number of hydrogen-bond acceptors (Lipinski definition) is 2. The second kappa shape index (κ2) is 8.18. The molecule has 2 unspecified atom stereocenters. The molecule has 0 heterocycles. The Hall–Kier alpha value is -1.55. The lowest BCUT2D eigenvalue weighted by molar-refractivity contribution is 0.136. The van der Waals surface area contributed by atoms with Gasteiger partial charge in [0.15, 0.2) is 5.96 Å². The molecule has 1 aromatic rings. The third-order valence-corrected chi connectivity index (χ3v) is 4.33. The Morgan fingerprint density at radius 3 is 2.64 bits per heavy atom. The number of guanidine groups is 1. The average molecular weight is 303 g/mol. The predicted octanol–water partition coefficient (Wildman–Crippen LogP) is 2.55. The van der Waals surface area contributed by atoms with Crippen LogP contribution >= 0.6 is 0 Å². The van der Waals surface area contributed by atoms with E-state index in [0.717, 1.165) is 38.3 Å². The Morgan fingerprint density at radius 2 is 2.05 bits per heavy atom. The topological polar surface area (TPSA) is 47.9 Å². The molecule has 22 heavy (non-hydrogen) atoms. The van der Waals surface area contributed by atoms with Crippen molar-refractivity contribution in [1.82, 2.24) is 10.2 Å². The molecular weight excluding hydrogens is 274 g/mol. The van der Waals surface area contributed by atoms with Crippen LogP contribution in [0.15, 0.2) is 29.3 Å². The highest BCUT2D eigenvalue weighted by Crippen LogP contribution is 2.25. The lowest BCUT2D eigenvalue weighted by atomic mass is 10.1. The molecule has 1 aromatic carbocycles. The van der Waals surface area contributed by atoms with E-state index in [9.17, 15) is 5.11 Å². The minimum Gasteiger partial charge on any atom is -0.393 e. The Bertz CT molecular complexity index is 484. The number of hydrogen-bond donors (Lipinski definition) is 2. The third-order valence-electron chi connectivity index (χ3n) is 4.33. The van der Waals surface area contributed by atoms with Crippen LogP contribution in [0.2, 0.25) is 0 Å². The highest BCUT2D eigenvalue weighted by molar-refractivity contribution is 5.79. The predicted molar refractivity (Wildman–Crippen MR) is 92.0 cm³/mol. The van der Waals surface area contributed by atoms with Crippen LogP contribution in [0, 0.1) is 12.8 Å². The van der Waals surface area contributed by atoms with Gasteiger partial charge in [-0.05, 0) is 32.3 Å². The first-order valence-electron chi connectivity index (χ1n) is 8.33. The second-order valence-corrected chi connectivity index (χ2v) is 6.29. The number of aliphatic hydroxyl groups excluding tert-OH is 1. The molecule has 2 N–H and O–H groups in total. The van der Waals surface area contributed by atoms with Crippen LogP contribution in [0.3, 0.4) is 0 Å². The molecular formula is C18H29N3O. The van der Waals surface area contributed by atoms with E-state index in [1.54, 1.807) is 0 Å². The van der Waals surface area contributed by atoms with E-state index in [1.807, 2.05) is 0 Å². The van der Waals surface area contributed by atoms with Gasteiger partial charge in [-0.15, -0.1) is 0 Å². The number of benzene rings is 1. The lowest BCUT2D eigenvalue weighted by Gasteiger charge is -2.23. The summed E-state index contributed by atoms with van der Waals surface area (Å²) >= 11 is 0. The largest absolute Gasteiger partial charge is 0.393 e. The number of aliphatic imine (C=N–C) groups is 1. The first kappa shape index (κ1) is 16.8. The van der Waals surface area contributed by atoms with E-state index in [1.165, 1.54) is 11.1 Å². The summed E-state index contributed by atoms with van der Waals surface area (Å²) in [6.45, 7) is 6.58. The van der Waals surface area contributed by atoms with Crippen LogP contribution < -0.4 is 5.32 Å². The molecule has 0 radical (unpaired) electrons. The maximum absolute atomic E-state index is 9.93. The van der Waals surface area contributed by atoms with E-state index < -0.39 is 0 Å². The smallest absolute Gasteiger partial charge is 0.193 e. The molecule has 2 rings (SSSR count). The summed E-state index contributed by atoms with van der Waals surface area (Å²) in [6.07, 6.45) is 2.97. The molecule has 4 heteroatoms. The summed E-state index contributed by atoms with van der Waals surface area (Å²) < 4.78 is 0. The molecule has 1 aliphatic rings. The molecule has 1 saturated carbocycles. The summed E-state index contributed by atoms with van der Waals surface area (Å²) in [5.74, 6) is 1.24. The Labute approximate surface area is 134 Å². The molecule has 0 saturated heterocycles. The summed E-state index contributed by atoms with van der Waals surface area (Å²) in [5, 5.41) is 13.3. The van der Waals surface area contributed by atoms with Crippen molar-refractivity contribution < 1.29 is 5.11 Å². The van der Waals surface area contributed by atoms with Gasteiger partial charge in [0.25, 0.3) is 0 Å². The van der Waals surface area contributed by atoms with Crippen molar-refractivity contribution in [2.24, 2.45) is 10.9 Å². The van der Waals surface area contributed by atoms with Crippen LogP contribution in [0.5, 0.6) is 0 Å². The lowest BCUT2D eigenvalue weighted by Crippen LogP contribution is -2.39. The zero-order chi connectivity index (χ0) is 15.9. The first-order valence-corrected chi connectivity index (χ1v) is 8.33. The molecule has 1 aliphatic carbocycles. The number of nitrogens with zero attached hydrogens (tertiary/aromatic N) is 2. The van der Waals surface area contributed by atoms with Crippen molar-refractivity contribution >= 4 is 5.96 Å². The zero-order valence-corrected chi connectivity index (χ0v) is 14.0. The summed E-state index contributed by atoms with van der Waals surface area (Å²) in [6, 6.07) is 8.61. The third kappa shape index (κ3) is 4.73. The van der Waals surface area contributed by atoms with Gasteiger partial charge in [-0.3, -0.25) is 4.99 Å². The minimum atomic E-state index is -0.172. The van der Waals surface area contributed by atoms with Gasteiger partial charge in [0.1, 0.15) is 0 Å². The van der Waals surface area contributed by atoms with Gasteiger partial charge >= 0.3 is 0 Å². The van der Waals surface area contributed by atoms with E-state index in [-0.39, 0.29) is 6.10 Å². The maximum Gasteiger partial charge on any atom is 0.193 e. The Balaban J connectivity index is 1.97. The van der Waals surface area contributed by atoms with Crippen LogP contribution in [0.1, 0.15) is 37.3 Å². The van der Waals surface area contributed by atoms with Crippen LogP contribution in [-0.2, 0) is 6.54 Å². The summed E-state index contributed by atoms with van der Waals surface area (Å²) in [4.78, 5) is 6.88. The summed E-state index contributed by atoms with van der Waals surface area (Å²) in [7, 11) is 2.06. The van der Waals surface area contributed by atoms with Crippen LogP contribution in [-0.4, -0.2) is 42.2 Å². The maximum atomic E-state index is 9.93. The molecule has 2 atom stereocenters. The molecule has 0 bridgehead atoms. The van der Waals surface area contributed by atoms with E-state index in [2.05, 4.69) is 55.4 Å². The number of nitrogens with one attached hydrogen (secondary N) is 1. The van der Waals surface area contributed by atoms with Crippen molar-refractivity contribution in [3.8, 4) is 0 Å². The van der Waals surface area contributed by atoms with E-state index in [4.69, 9.17) is 4.99 Å². The van der Waals surface area contributed by atoms with E-state index >= 15 is 0 Å². The van der Waals surface area contributed by atoms with Crippen molar-refractivity contribution in [1.29, 1.82) is 0 Å². The SMILES string of the molecule is CCNC(=NCC1CCCC1O)N(C)Cc1ccc(C)cc1. The van der Waals surface area contributed by atoms with Gasteiger partial charge in [0.05, 0.1) is 6.10 Å². The molecule has 0 aliphatic heterocycles. The van der Waals surface area contributed by atoms with Crippen LogP contribution in [0.25, 0.3) is 0 Å². The quantitative estimate of drug-likeness (QED) is 0.649. The van der Waals surface area contributed by atoms with Crippen molar-refractivity contribution in [2.75, 3.05) is 20.1 Å². The average Bonchev–Trinajstić information content (AvgIpc) is 2.91. The summed E-state index contributed by atoms with van der Waals surface area (Å²) in [5.41, 5.74) is 2.56. The van der Waals surface area contributed by atoms with Crippen molar-refractivity contribution in [3.05, 3.63) is 35.4 Å². The number of aryl methyl sites for hydroxylation is 1. The van der Waals surface area contributed by atoms with Gasteiger partial charge in [-0.2, -0.15) is 0 Å². The highest BCUT2D eigenvalue weighted by Gasteiger charge is 2.24. The van der Waals surface area contributed by atoms with E-state index in [0.29, 0.717) is 12.5 Å². The standard InChI is InChI=1S/C18H29N3O/c1-4-19-18(20-12-16-6-5-7-17(16)22)21(3)13-15-10-8-14(2)9-11-15/h8-11,16-17,22H,4-7,12-13H2,1-3H3,(H,19,20). The normalized spacial score (nSPS) is 21.9. The molecule has 4 nitrogen and oxygen atoms in total. The molecule has 1 fully saturated rings. The fourth-order valence-electron chi connectivity index (χ4n) is 2.95. The molecule has 122 valence electrons. The van der Waals surface area contributed by atoms with Gasteiger partial charge in [-0.1, -0.05) is 36.2 Å². The van der Waals surface area contributed by atoms with Crippen molar-refractivity contribution in [3.63, 3.8) is 0 Å². The van der Waals surface area contributed by atoms with Gasteiger partial charge in [0, 0.05) is 32.6 Å². The fourth-order valence-corrected chi connectivity index (χ4v) is 2.95. The Kier molecular flexibility index (Phi) is 6.25. The number of aliphatic hydroxyl groups is 1. The monoisotopic (exact) mass is 303 g/mol. The van der Waals surface area contributed by atoms with Gasteiger partial charge < -0.3 is 15.3 Å². The molecule has 0 spiro atoms. The fraction of sp³-hybridized carbons (Fsp3) is 0.611. The Morgan fingerprint density at radius 1 is 1.32 bits per heavy atom. The number of rotatable bonds is 5. The second-order valence-electron chi connectivity index (χ2n) is 6.29. The zero-order valence-electron chi connectivity index (χ0n) is 14.0. The van der Waals surface area contributed by atoms with Crippen LogP contribution in [0.4, 0.5) is 0 Å². The van der Waals surface area contributed by atoms with Gasteiger partial charge in [-0.25, -0.2) is 0 Å². The minimum absolute atomic E-state index is 0.172. The highest BCUT2D eigenvalue weighted by atomic mass is 16.3. The molecule has 0 aromatic heterocycles. The van der Waals surface area contributed by atoms with Crippen molar-refractivity contribution in [2.45, 2.75) is 45.8 Å². The first-order chi connectivity index (χ1) is 10.6.